The average molecular weight is 574 g/mol. The third kappa shape index (κ3) is 4.09. The van der Waals surface area contributed by atoms with E-state index in [-0.39, 0.29) is 6.85 Å². The Hall–Kier alpha value is -5.94. The predicted molar refractivity (Wildman–Crippen MR) is 187 cm³/mol. The average Bonchev–Trinajstić information content (AvgIpc) is 3.46. The van der Waals surface area contributed by atoms with Gasteiger partial charge in [-0.05, 0) is 29.2 Å². The van der Waals surface area contributed by atoms with Crippen LogP contribution in [0.2, 0.25) is 0 Å². The third-order valence-corrected chi connectivity index (χ3v) is 8.88. The molecule has 3 heterocycles. The monoisotopic (exact) mass is 574 g/mol. The van der Waals surface area contributed by atoms with Gasteiger partial charge < -0.3 is 4.81 Å². The molecule has 4 nitrogen and oxygen atoms in total. The summed E-state index contributed by atoms with van der Waals surface area (Å²) >= 11 is 0. The second kappa shape index (κ2) is 10.4. The zero-order chi connectivity index (χ0) is 29.7. The first-order valence-corrected chi connectivity index (χ1v) is 15.3. The number of anilines is 2. The number of rotatable bonds is 4. The summed E-state index contributed by atoms with van der Waals surface area (Å²) in [6, 6.07) is 57.8. The van der Waals surface area contributed by atoms with Crippen LogP contribution in [-0.4, -0.2) is 21.4 Å². The van der Waals surface area contributed by atoms with Crippen molar-refractivity contribution < 1.29 is 0 Å². The van der Waals surface area contributed by atoms with Crippen molar-refractivity contribution in [1.29, 1.82) is 0 Å². The molecule has 9 rings (SSSR count). The second-order valence-electron chi connectivity index (χ2n) is 11.4. The molecule has 0 saturated carbocycles. The largest absolute Gasteiger partial charge is 0.361 e. The number of nitrogens with zero attached hydrogens (tertiary/aromatic N) is 4. The van der Waals surface area contributed by atoms with E-state index < -0.39 is 0 Å². The lowest BCUT2D eigenvalue weighted by Crippen LogP contribution is -2.57. The van der Waals surface area contributed by atoms with E-state index in [0.29, 0.717) is 5.95 Å². The fourth-order valence-electron chi connectivity index (χ4n) is 6.93. The van der Waals surface area contributed by atoms with Crippen LogP contribution in [0, 0.1) is 0 Å². The molecule has 0 aliphatic carbocycles. The number of para-hydroxylation sites is 3. The van der Waals surface area contributed by atoms with E-state index in [9.17, 15) is 0 Å². The van der Waals surface area contributed by atoms with Crippen LogP contribution < -0.4 is 15.7 Å². The van der Waals surface area contributed by atoms with Gasteiger partial charge in [0.2, 0.25) is 5.95 Å². The van der Waals surface area contributed by atoms with Crippen molar-refractivity contribution in [2.24, 2.45) is 0 Å². The molecule has 0 N–H and O–H groups in total. The lowest BCUT2D eigenvalue weighted by molar-refractivity contribution is 0.987. The summed E-state index contributed by atoms with van der Waals surface area (Å²) in [5.41, 5.74) is 10.1. The molecule has 0 radical (unpaired) electrons. The Morgan fingerprint density at radius 1 is 0.489 bits per heavy atom. The standard InChI is InChI=1S/C40H27BN4/c1-3-15-28(16-4-1)35-27-39(43-40(42-35)44-36-24-12-8-21-32(36)33-22-9-13-25-37(33)44)45-38-26-14-10-20-31(38)30-19-7-11-23-34(30)41(45)29-17-5-2-6-18-29/h1-27H. The molecule has 0 spiro atoms. The lowest BCUT2D eigenvalue weighted by atomic mass is 9.46. The van der Waals surface area contributed by atoms with E-state index in [1.54, 1.807) is 0 Å². The van der Waals surface area contributed by atoms with Crippen LogP contribution in [0.25, 0.3) is 50.1 Å². The van der Waals surface area contributed by atoms with Gasteiger partial charge in [0.05, 0.1) is 16.7 Å². The summed E-state index contributed by atoms with van der Waals surface area (Å²) < 4.78 is 2.21. The highest BCUT2D eigenvalue weighted by atomic mass is 15.2. The van der Waals surface area contributed by atoms with E-state index >= 15 is 0 Å². The van der Waals surface area contributed by atoms with Crippen LogP contribution in [0.3, 0.4) is 0 Å². The van der Waals surface area contributed by atoms with Crippen molar-refractivity contribution in [2.75, 3.05) is 4.81 Å². The highest BCUT2D eigenvalue weighted by molar-refractivity contribution is 6.90. The Kier molecular flexibility index (Phi) is 5.88. The summed E-state index contributed by atoms with van der Waals surface area (Å²) in [7, 11) is 0. The third-order valence-electron chi connectivity index (χ3n) is 8.88. The van der Waals surface area contributed by atoms with E-state index in [2.05, 4.69) is 167 Å². The normalized spacial score (nSPS) is 12.4. The predicted octanol–water partition coefficient (Wildman–Crippen LogP) is 8.17. The van der Waals surface area contributed by atoms with Gasteiger partial charge >= 0.3 is 6.85 Å². The fourth-order valence-corrected chi connectivity index (χ4v) is 6.93. The van der Waals surface area contributed by atoms with Crippen molar-refractivity contribution in [3.63, 3.8) is 0 Å². The molecule has 0 unspecified atom stereocenters. The van der Waals surface area contributed by atoms with Crippen LogP contribution in [0.5, 0.6) is 0 Å². The smallest absolute Gasteiger partial charge is 0.330 e. The van der Waals surface area contributed by atoms with Crippen molar-refractivity contribution in [3.8, 4) is 28.3 Å². The molecule has 2 aromatic heterocycles. The quantitative estimate of drug-likeness (QED) is 0.199. The maximum atomic E-state index is 5.45. The molecule has 0 atom stereocenters. The first-order valence-electron chi connectivity index (χ1n) is 15.3. The molecule has 8 aromatic rings. The van der Waals surface area contributed by atoms with Gasteiger partial charge in [0, 0.05) is 33.7 Å². The van der Waals surface area contributed by atoms with E-state index in [1.165, 1.54) is 32.8 Å². The summed E-state index contributed by atoms with van der Waals surface area (Å²) in [5.74, 6) is 1.49. The van der Waals surface area contributed by atoms with Gasteiger partial charge in [-0.2, -0.15) is 4.98 Å². The van der Waals surface area contributed by atoms with Crippen molar-refractivity contribution >= 4 is 51.1 Å². The Labute approximate surface area is 262 Å². The summed E-state index contributed by atoms with van der Waals surface area (Å²) in [5, 5.41) is 2.37. The van der Waals surface area contributed by atoms with E-state index in [1.807, 2.05) is 6.07 Å². The molecule has 0 saturated heterocycles. The highest BCUT2D eigenvalue weighted by Crippen LogP contribution is 2.40. The van der Waals surface area contributed by atoms with Crippen molar-refractivity contribution in [1.82, 2.24) is 14.5 Å². The number of aromatic nitrogens is 3. The summed E-state index contributed by atoms with van der Waals surface area (Å²) in [4.78, 5) is 13.1. The SMILES string of the molecule is c1ccc(B2c3ccccc3-c3ccccc3N2c2cc(-c3ccccc3)nc(-n3c4ccccc4c4ccccc43)n2)cc1. The maximum Gasteiger partial charge on any atom is 0.330 e. The first-order chi connectivity index (χ1) is 22.3. The molecule has 6 aromatic carbocycles. The van der Waals surface area contributed by atoms with Crippen LogP contribution >= 0.6 is 0 Å². The maximum absolute atomic E-state index is 5.45. The van der Waals surface area contributed by atoms with Crippen LogP contribution in [0.4, 0.5) is 11.5 Å². The first kappa shape index (κ1) is 25.6. The van der Waals surface area contributed by atoms with Gasteiger partial charge in [0.1, 0.15) is 5.82 Å². The topological polar surface area (TPSA) is 34.0 Å². The fraction of sp³-hybridized carbons (Fsp3) is 0. The Morgan fingerprint density at radius 3 is 1.80 bits per heavy atom. The molecule has 210 valence electrons. The van der Waals surface area contributed by atoms with Crippen LogP contribution in [0.15, 0.2) is 164 Å². The van der Waals surface area contributed by atoms with Crippen LogP contribution in [0.1, 0.15) is 0 Å². The Morgan fingerprint density at radius 2 is 1.07 bits per heavy atom. The minimum absolute atomic E-state index is 0.0816. The number of fused-ring (bicyclic) bond motifs is 6. The number of hydrogen-bond acceptors (Lipinski definition) is 3. The Balaban J connectivity index is 1.37. The van der Waals surface area contributed by atoms with E-state index in [0.717, 1.165) is 33.8 Å². The molecule has 0 fully saturated rings. The zero-order valence-electron chi connectivity index (χ0n) is 24.5. The summed E-state index contributed by atoms with van der Waals surface area (Å²) in [6.07, 6.45) is 0. The van der Waals surface area contributed by atoms with Gasteiger partial charge in [-0.1, -0.05) is 145 Å². The minimum atomic E-state index is -0.0816. The van der Waals surface area contributed by atoms with Gasteiger partial charge in [0.15, 0.2) is 0 Å². The zero-order valence-corrected chi connectivity index (χ0v) is 24.5. The van der Waals surface area contributed by atoms with E-state index in [4.69, 9.17) is 9.97 Å². The molecule has 5 heteroatoms. The number of benzene rings is 6. The second-order valence-corrected chi connectivity index (χ2v) is 11.4. The lowest BCUT2D eigenvalue weighted by Gasteiger charge is -2.38. The molecular formula is C40H27BN4. The molecule has 1 aliphatic rings. The van der Waals surface area contributed by atoms with Crippen molar-refractivity contribution in [3.05, 3.63) is 164 Å². The molecular weight excluding hydrogens is 547 g/mol. The molecule has 0 bridgehead atoms. The van der Waals surface area contributed by atoms with Crippen molar-refractivity contribution in [2.45, 2.75) is 0 Å². The molecule has 45 heavy (non-hydrogen) atoms. The van der Waals surface area contributed by atoms with Gasteiger partial charge in [-0.15, -0.1) is 0 Å². The minimum Gasteiger partial charge on any atom is -0.361 e. The molecule has 0 amide bonds. The van der Waals surface area contributed by atoms with Gasteiger partial charge in [-0.25, -0.2) is 4.98 Å². The Bertz CT molecular complexity index is 2290. The van der Waals surface area contributed by atoms with Gasteiger partial charge in [-0.3, -0.25) is 4.57 Å². The van der Waals surface area contributed by atoms with Crippen LogP contribution in [-0.2, 0) is 0 Å². The highest BCUT2D eigenvalue weighted by Gasteiger charge is 2.38. The van der Waals surface area contributed by atoms with Gasteiger partial charge in [0.25, 0.3) is 0 Å². The summed E-state index contributed by atoms with van der Waals surface area (Å²) in [6.45, 7) is -0.0816. The molecule has 1 aliphatic heterocycles. The number of hydrogen-bond donors (Lipinski definition) is 0.